The summed E-state index contributed by atoms with van der Waals surface area (Å²) in [6, 6.07) is 12.0. The lowest BCUT2D eigenvalue weighted by molar-refractivity contribution is 0.562. The molecule has 0 aliphatic rings. The second-order valence-corrected chi connectivity index (χ2v) is 7.16. The predicted octanol–water partition coefficient (Wildman–Crippen LogP) is 3.22. The van der Waals surface area contributed by atoms with Crippen molar-refractivity contribution in [2.45, 2.75) is 32.7 Å². The minimum Gasteiger partial charge on any atom is -0.361 e. The fraction of sp³-hybridized carbons (Fsp3) is 0.263. The fourth-order valence-corrected chi connectivity index (χ4v) is 2.76. The van der Waals surface area contributed by atoms with Crippen molar-refractivity contribution in [3.8, 4) is 5.69 Å². The number of fused-ring (bicyclic) bond motifs is 1. The van der Waals surface area contributed by atoms with E-state index in [4.69, 9.17) is 0 Å². The van der Waals surface area contributed by atoms with Gasteiger partial charge in [-0.15, -0.1) is 0 Å². The minimum atomic E-state index is -0.0171. The number of aromatic nitrogens is 6. The third-order valence-electron chi connectivity index (χ3n) is 4.19. The van der Waals surface area contributed by atoms with Gasteiger partial charge >= 0.3 is 0 Å². The number of hydrogen-bond acceptors (Lipinski definition) is 5. The maximum atomic E-state index is 4.66. The molecule has 0 radical (unpaired) electrons. The quantitative estimate of drug-likeness (QED) is 0.614. The van der Waals surface area contributed by atoms with Crippen LogP contribution in [0.3, 0.4) is 0 Å². The van der Waals surface area contributed by atoms with Gasteiger partial charge in [0.15, 0.2) is 11.6 Å². The number of anilines is 1. The molecular weight excluding hydrogens is 326 g/mol. The number of hydrogen-bond donors (Lipinski definition) is 1. The van der Waals surface area contributed by atoms with E-state index in [9.17, 15) is 0 Å². The number of para-hydroxylation sites is 1. The Balaban J connectivity index is 1.62. The predicted molar refractivity (Wildman–Crippen MR) is 100 cm³/mol. The van der Waals surface area contributed by atoms with E-state index in [1.807, 2.05) is 45.7 Å². The SMILES string of the molecule is CC(C)(C)c1cc2c(NCc3ncnn3-c3ccccc3)nccn2n1. The Morgan fingerprint density at radius 3 is 2.65 bits per heavy atom. The van der Waals surface area contributed by atoms with Gasteiger partial charge in [0.1, 0.15) is 11.8 Å². The molecule has 0 fully saturated rings. The first-order valence-electron chi connectivity index (χ1n) is 8.55. The van der Waals surface area contributed by atoms with E-state index in [2.05, 4.69) is 52.3 Å². The lowest BCUT2D eigenvalue weighted by atomic mass is 9.92. The Bertz CT molecular complexity index is 1020. The number of rotatable bonds is 4. The topological polar surface area (TPSA) is 72.9 Å². The molecule has 3 aromatic heterocycles. The largest absolute Gasteiger partial charge is 0.361 e. The molecule has 0 saturated carbocycles. The number of nitrogens with zero attached hydrogens (tertiary/aromatic N) is 6. The molecule has 4 aromatic rings. The van der Waals surface area contributed by atoms with Crippen LogP contribution in [0.5, 0.6) is 0 Å². The zero-order valence-corrected chi connectivity index (χ0v) is 15.1. The molecule has 3 heterocycles. The van der Waals surface area contributed by atoms with Gasteiger partial charge in [-0.25, -0.2) is 19.2 Å². The van der Waals surface area contributed by atoms with Gasteiger partial charge in [0.05, 0.1) is 17.9 Å². The Kier molecular flexibility index (Phi) is 3.91. The monoisotopic (exact) mass is 347 g/mol. The van der Waals surface area contributed by atoms with Crippen molar-refractivity contribution < 1.29 is 0 Å². The molecule has 0 atom stereocenters. The molecule has 4 rings (SSSR count). The maximum Gasteiger partial charge on any atom is 0.152 e. The van der Waals surface area contributed by atoms with Crippen LogP contribution in [0.2, 0.25) is 0 Å². The molecule has 7 heteroatoms. The van der Waals surface area contributed by atoms with Crippen LogP contribution in [0, 0.1) is 0 Å². The average Bonchev–Trinajstić information content (AvgIpc) is 3.27. The van der Waals surface area contributed by atoms with Gasteiger partial charge in [0.2, 0.25) is 0 Å². The average molecular weight is 347 g/mol. The van der Waals surface area contributed by atoms with Crippen molar-refractivity contribution in [2.75, 3.05) is 5.32 Å². The van der Waals surface area contributed by atoms with Crippen LogP contribution >= 0.6 is 0 Å². The Morgan fingerprint density at radius 2 is 1.88 bits per heavy atom. The number of nitrogens with one attached hydrogen (secondary N) is 1. The summed E-state index contributed by atoms with van der Waals surface area (Å²) in [6.45, 7) is 6.96. The van der Waals surface area contributed by atoms with E-state index >= 15 is 0 Å². The summed E-state index contributed by atoms with van der Waals surface area (Å²) in [5, 5.41) is 12.4. The van der Waals surface area contributed by atoms with Crippen LogP contribution in [0.4, 0.5) is 5.82 Å². The van der Waals surface area contributed by atoms with Crippen molar-refractivity contribution in [2.24, 2.45) is 0 Å². The maximum absolute atomic E-state index is 4.66. The molecule has 0 unspecified atom stereocenters. The van der Waals surface area contributed by atoms with E-state index in [1.165, 1.54) is 0 Å². The minimum absolute atomic E-state index is 0.0171. The highest BCUT2D eigenvalue weighted by Crippen LogP contribution is 2.24. The number of benzene rings is 1. The van der Waals surface area contributed by atoms with Gasteiger partial charge in [-0.05, 0) is 18.2 Å². The first-order valence-corrected chi connectivity index (χ1v) is 8.55. The summed E-state index contributed by atoms with van der Waals surface area (Å²) in [4.78, 5) is 8.85. The van der Waals surface area contributed by atoms with Crippen molar-refractivity contribution in [3.05, 3.63) is 66.6 Å². The third kappa shape index (κ3) is 3.03. The van der Waals surface area contributed by atoms with E-state index in [1.54, 1.807) is 12.5 Å². The second-order valence-electron chi connectivity index (χ2n) is 7.16. The van der Waals surface area contributed by atoms with Crippen LogP contribution < -0.4 is 5.32 Å². The third-order valence-corrected chi connectivity index (χ3v) is 4.19. The standard InChI is InChI=1S/C19H21N7/c1-19(2,3)16-11-15-18(20-9-10-25(15)24-16)21-12-17-22-13-23-26(17)14-7-5-4-6-8-14/h4-11,13H,12H2,1-3H3,(H,20,21). The second kappa shape index (κ2) is 6.25. The molecular formula is C19H21N7. The zero-order chi connectivity index (χ0) is 18.1. The first kappa shape index (κ1) is 16.3. The van der Waals surface area contributed by atoms with Gasteiger partial charge in [-0.3, -0.25) is 0 Å². The lowest BCUT2D eigenvalue weighted by Crippen LogP contribution is -2.11. The smallest absolute Gasteiger partial charge is 0.152 e. The highest BCUT2D eigenvalue weighted by molar-refractivity contribution is 5.68. The van der Waals surface area contributed by atoms with Gasteiger partial charge < -0.3 is 5.32 Å². The molecule has 0 aliphatic heterocycles. The summed E-state index contributed by atoms with van der Waals surface area (Å²) in [7, 11) is 0. The summed E-state index contributed by atoms with van der Waals surface area (Å²) < 4.78 is 3.68. The van der Waals surface area contributed by atoms with Crippen LogP contribution in [0.15, 0.2) is 55.1 Å². The van der Waals surface area contributed by atoms with E-state index in [0.29, 0.717) is 6.54 Å². The first-order chi connectivity index (χ1) is 12.5. The highest BCUT2D eigenvalue weighted by atomic mass is 15.3. The summed E-state index contributed by atoms with van der Waals surface area (Å²) in [5.41, 5.74) is 2.94. The molecule has 0 amide bonds. The highest BCUT2D eigenvalue weighted by Gasteiger charge is 2.19. The van der Waals surface area contributed by atoms with Gasteiger partial charge in [-0.1, -0.05) is 39.0 Å². The van der Waals surface area contributed by atoms with Crippen molar-refractivity contribution >= 4 is 11.3 Å². The van der Waals surface area contributed by atoms with Crippen LogP contribution in [-0.2, 0) is 12.0 Å². The van der Waals surface area contributed by atoms with Gasteiger partial charge in [0.25, 0.3) is 0 Å². The van der Waals surface area contributed by atoms with E-state index in [-0.39, 0.29) is 5.41 Å². The van der Waals surface area contributed by atoms with Crippen molar-refractivity contribution in [1.29, 1.82) is 0 Å². The van der Waals surface area contributed by atoms with Crippen molar-refractivity contribution in [1.82, 2.24) is 29.4 Å². The molecule has 7 nitrogen and oxygen atoms in total. The fourth-order valence-electron chi connectivity index (χ4n) is 2.76. The molecule has 0 spiro atoms. The van der Waals surface area contributed by atoms with E-state index in [0.717, 1.165) is 28.5 Å². The summed E-state index contributed by atoms with van der Waals surface area (Å²) in [5.74, 6) is 1.59. The molecule has 0 saturated heterocycles. The molecule has 1 N–H and O–H groups in total. The Morgan fingerprint density at radius 1 is 1.08 bits per heavy atom. The van der Waals surface area contributed by atoms with Gasteiger partial charge in [-0.2, -0.15) is 10.2 Å². The lowest BCUT2D eigenvalue weighted by Gasteiger charge is -2.13. The van der Waals surface area contributed by atoms with E-state index < -0.39 is 0 Å². The van der Waals surface area contributed by atoms with Crippen LogP contribution in [0.1, 0.15) is 32.3 Å². The van der Waals surface area contributed by atoms with Crippen LogP contribution in [0.25, 0.3) is 11.2 Å². The van der Waals surface area contributed by atoms with Gasteiger partial charge in [0, 0.05) is 17.8 Å². The molecule has 0 bridgehead atoms. The van der Waals surface area contributed by atoms with Crippen LogP contribution in [-0.4, -0.2) is 29.4 Å². The molecule has 26 heavy (non-hydrogen) atoms. The molecule has 132 valence electrons. The normalized spacial score (nSPS) is 11.8. The zero-order valence-electron chi connectivity index (χ0n) is 15.1. The Labute approximate surface area is 151 Å². The molecule has 1 aromatic carbocycles. The Hall–Kier alpha value is -3.22. The summed E-state index contributed by atoms with van der Waals surface area (Å²) in [6.07, 6.45) is 5.17. The summed E-state index contributed by atoms with van der Waals surface area (Å²) >= 11 is 0. The van der Waals surface area contributed by atoms with Crippen molar-refractivity contribution in [3.63, 3.8) is 0 Å². The molecule has 0 aliphatic carbocycles.